The summed E-state index contributed by atoms with van der Waals surface area (Å²) in [6.45, 7) is 10.4. The fourth-order valence-corrected chi connectivity index (χ4v) is 3.26. The van der Waals surface area contributed by atoms with Gasteiger partial charge in [0, 0.05) is 26.7 Å². The molecule has 0 radical (unpaired) electrons. The van der Waals surface area contributed by atoms with Crippen molar-refractivity contribution >= 4 is 17.1 Å². The molecule has 23 heavy (non-hydrogen) atoms. The summed E-state index contributed by atoms with van der Waals surface area (Å²) in [7, 11) is 1.63. The number of hydrogen-bond acceptors (Lipinski definition) is 4. The van der Waals surface area contributed by atoms with Gasteiger partial charge >= 0.3 is 5.69 Å². The Labute approximate surface area is 134 Å². The second kappa shape index (κ2) is 5.72. The number of fused-ring (bicyclic) bond motifs is 1. The minimum absolute atomic E-state index is 0.395. The molecule has 0 aliphatic carbocycles. The maximum atomic E-state index is 12.3. The predicted octanol–water partition coefficient (Wildman–Crippen LogP) is 1.24. The molecular weight excluding hydrogens is 294 g/mol. The summed E-state index contributed by atoms with van der Waals surface area (Å²) in [5.41, 5.74) is 0.953. The third-order valence-electron chi connectivity index (χ3n) is 4.35. The van der Waals surface area contributed by atoms with Gasteiger partial charge in [0.05, 0.1) is 0 Å². The van der Waals surface area contributed by atoms with E-state index in [9.17, 15) is 9.59 Å². The molecule has 3 rings (SSSR count). The first-order valence-corrected chi connectivity index (χ1v) is 7.97. The van der Waals surface area contributed by atoms with Crippen LogP contribution >= 0.6 is 0 Å². The molecule has 2 aromatic rings. The van der Waals surface area contributed by atoms with Crippen LogP contribution in [0.4, 0.5) is 5.95 Å². The number of anilines is 1. The molecule has 7 heteroatoms. The molecule has 2 aromatic heterocycles. The third-order valence-corrected chi connectivity index (χ3v) is 4.35. The number of aromatic amines is 1. The Morgan fingerprint density at radius 3 is 2.83 bits per heavy atom. The van der Waals surface area contributed by atoms with Gasteiger partial charge in [0.2, 0.25) is 5.95 Å². The number of nitrogens with one attached hydrogen (secondary N) is 1. The highest BCUT2D eigenvalue weighted by molar-refractivity contribution is 5.74. The lowest BCUT2D eigenvalue weighted by Crippen LogP contribution is -2.36. The van der Waals surface area contributed by atoms with Crippen molar-refractivity contribution in [2.75, 3.05) is 18.0 Å². The smallest absolute Gasteiger partial charge is 0.329 e. The van der Waals surface area contributed by atoms with Gasteiger partial charge in [-0.15, -0.1) is 0 Å². The van der Waals surface area contributed by atoms with Crippen LogP contribution in [-0.4, -0.2) is 32.2 Å². The second-order valence-electron chi connectivity index (χ2n) is 6.64. The van der Waals surface area contributed by atoms with Crippen molar-refractivity contribution in [3.8, 4) is 0 Å². The zero-order valence-corrected chi connectivity index (χ0v) is 13.9. The number of hydrogen-bond donors (Lipinski definition) is 1. The van der Waals surface area contributed by atoms with Gasteiger partial charge in [-0.2, -0.15) is 4.98 Å². The van der Waals surface area contributed by atoms with E-state index >= 15 is 0 Å². The van der Waals surface area contributed by atoms with Crippen molar-refractivity contribution < 1.29 is 0 Å². The average Bonchev–Trinajstić information content (AvgIpc) is 2.84. The summed E-state index contributed by atoms with van der Waals surface area (Å²) < 4.78 is 3.27. The van der Waals surface area contributed by atoms with E-state index in [2.05, 4.69) is 28.4 Å². The van der Waals surface area contributed by atoms with E-state index in [0.717, 1.165) is 31.0 Å². The van der Waals surface area contributed by atoms with E-state index in [0.29, 0.717) is 23.6 Å². The Bertz CT molecular complexity index is 873. The van der Waals surface area contributed by atoms with E-state index in [-0.39, 0.29) is 0 Å². The van der Waals surface area contributed by atoms with Crippen molar-refractivity contribution in [1.82, 2.24) is 19.1 Å². The highest BCUT2D eigenvalue weighted by Crippen LogP contribution is 2.25. The summed E-state index contributed by atoms with van der Waals surface area (Å²) in [5.74, 6) is 1.34. The number of allylic oxidation sites excluding steroid dienone is 1. The average molecular weight is 317 g/mol. The van der Waals surface area contributed by atoms with Crippen LogP contribution in [0.25, 0.3) is 11.2 Å². The van der Waals surface area contributed by atoms with Gasteiger partial charge in [0.25, 0.3) is 5.56 Å². The molecule has 0 bridgehead atoms. The topological polar surface area (TPSA) is 75.9 Å². The van der Waals surface area contributed by atoms with E-state index in [1.165, 1.54) is 11.0 Å². The molecule has 1 atom stereocenters. The Morgan fingerprint density at radius 2 is 2.17 bits per heavy atom. The molecule has 7 nitrogen and oxygen atoms in total. The predicted molar refractivity (Wildman–Crippen MR) is 91.0 cm³/mol. The molecule has 1 N–H and O–H groups in total. The molecule has 0 aromatic carbocycles. The number of rotatable bonds is 3. The molecule has 3 heterocycles. The van der Waals surface area contributed by atoms with Crippen LogP contribution in [0.5, 0.6) is 0 Å². The standard InChI is InChI=1S/C16H23N5O2/c1-10(2)8-21-12-13(19(4)16(23)18-14(12)22)17-15(21)20-7-5-6-11(3)9-20/h11H,1,5-9H2,2-4H3,(H,18,22,23)/t11-/m1/s1. The number of imidazole rings is 1. The summed E-state index contributed by atoms with van der Waals surface area (Å²) in [5, 5.41) is 0. The Kier molecular flexibility index (Phi) is 3.87. The zero-order valence-electron chi connectivity index (χ0n) is 13.9. The van der Waals surface area contributed by atoms with Crippen LogP contribution in [0.3, 0.4) is 0 Å². The molecule has 124 valence electrons. The van der Waals surface area contributed by atoms with Crippen molar-refractivity contribution in [3.05, 3.63) is 33.0 Å². The molecule has 0 spiro atoms. The van der Waals surface area contributed by atoms with Crippen LogP contribution in [0.1, 0.15) is 26.7 Å². The fraction of sp³-hybridized carbons (Fsp3) is 0.562. The largest absolute Gasteiger partial charge is 0.342 e. The fourth-order valence-electron chi connectivity index (χ4n) is 3.26. The summed E-state index contributed by atoms with van der Waals surface area (Å²) in [4.78, 5) is 33.4. The summed E-state index contributed by atoms with van der Waals surface area (Å²) in [6.07, 6.45) is 2.31. The SMILES string of the molecule is C=C(C)Cn1c(N2CCC[C@@H](C)C2)nc2c1c(=O)[nH]c(=O)n2C. The highest BCUT2D eigenvalue weighted by atomic mass is 16.2. The van der Waals surface area contributed by atoms with Gasteiger partial charge in [-0.1, -0.05) is 19.1 Å². The van der Waals surface area contributed by atoms with E-state index in [1.54, 1.807) is 7.05 Å². The normalized spacial score (nSPS) is 18.6. The van der Waals surface area contributed by atoms with Gasteiger partial charge in [0.15, 0.2) is 11.2 Å². The number of H-pyrrole nitrogens is 1. The lowest BCUT2D eigenvalue weighted by Gasteiger charge is -2.32. The second-order valence-corrected chi connectivity index (χ2v) is 6.64. The number of aromatic nitrogens is 4. The summed E-state index contributed by atoms with van der Waals surface area (Å²) in [6, 6.07) is 0. The Balaban J connectivity index is 2.26. The molecule has 0 amide bonds. The molecule has 1 aliphatic heterocycles. The Hall–Kier alpha value is -2.31. The van der Waals surface area contributed by atoms with E-state index in [4.69, 9.17) is 0 Å². The maximum absolute atomic E-state index is 12.3. The van der Waals surface area contributed by atoms with Crippen molar-refractivity contribution in [1.29, 1.82) is 0 Å². The highest BCUT2D eigenvalue weighted by Gasteiger charge is 2.24. The molecule has 1 fully saturated rings. The van der Waals surface area contributed by atoms with Crippen molar-refractivity contribution in [2.45, 2.75) is 33.2 Å². The molecule has 1 aliphatic rings. The molecule has 0 saturated carbocycles. The van der Waals surface area contributed by atoms with Crippen LogP contribution in [0.15, 0.2) is 21.7 Å². The van der Waals surface area contributed by atoms with Gasteiger partial charge in [-0.3, -0.25) is 14.3 Å². The minimum atomic E-state index is -0.443. The van der Waals surface area contributed by atoms with Crippen LogP contribution in [-0.2, 0) is 13.6 Å². The van der Waals surface area contributed by atoms with Gasteiger partial charge in [-0.25, -0.2) is 4.79 Å². The zero-order chi connectivity index (χ0) is 16.7. The van der Waals surface area contributed by atoms with E-state index in [1.807, 2.05) is 11.5 Å². The number of nitrogens with zero attached hydrogens (tertiary/aromatic N) is 4. The quantitative estimate of drug-likeness (QED) is 0.864. The molecule has 0 unspecified atom stereocenters. The lowest BCUT2D eigenvalue weighted by molar-refractivity contribution is 0.439. The monoisotopic (exact) mass is 317 g/mol. The minimum Gasteiger partial charge on any atom is -0.342 e. The van der Waals surface area contributed by atoms with Gasteiger partial charge in [0.1, 0.15) is 0 Å². The maximum Gasteiger partial charge on any atom is 0.329 e. The van der Waals surface area contributed by atoms with E-state index < -0.39 is 11.2 Å². The van der Waals surface area contributed by atoms with Gasteiger partial charge < -0.3 is 9.47 Å². The number of aryl methyl sites for hydroxylation is 1. The molecular formula is C16H23N5O2. The third kappa shape index (κ3) is 2.71. The first kappa shape index (κ1) is 15.6. The summed E-state index contributed by atoms with van der Waals surface area (Å²) >= 11 is 0. The first-order chi connectivity index (χ1) is 10.9. The number of piperidine rings is 1. The van der Waals surface area contributed by atoms with Crippen LogP contribution in [0.2, 0.25) is 0 Å². The van der Waals surface area contributed by atoms with Gasteiger partial charge in [-0.05, 0) is 25.7 Å². The van der Waals surface area contributed by atoms with Crippen molar-refractivity contribution in [3.63, 3.8) is 0 Å². The van der Waals surface area contributed by atoms with Crippen LogP contribution in [0, 0.1) is 5.92 Å². The van der Waals surface area contributed by atoms with Crippen molar-refractivity contribution in [2.24, 2.45) is 13.0 Å². The lowest BCUT2D eigenvalue weighted by atomic mass is 10.0. The Morgan fingerprint density at radius 1 is 1.43 bits per heavy atom. The first-order valence-electron chi connectivity index (χ1n) is 7.97. The van der Waals surface area contributed by atoms with Crippen LogP contribution < -0.4 is 16.1 Å². The molecule has 1 saturated heterocycles.